The van der Waals surface area contributed by atoms with Crippen molar-refractivity contribution in [3.05, 3.63) is 24.1 Å². The minimum atomic E-state index is -0.359. The zero-order valence-electron chi connectivity index (χ0n) is 9.51. The molecule has 1 aliphatic rings. The van der Waals surface area contributed by atoms with Gasteiger partial charge in [-0.1, -0.05) is 5.10 Å². The van der Waals surface area contributed by atoms with Crippen molar-refractivity contribution >= 4 is 11.9 Å². The molecule has 94 valence electrons. The van der Waals surface area contributed by atoms with Gasteiger partial charge < -0.3 is 14.7 Å². The molecule has 8 heteroatoms. The highest BCUT2D eigenvalue weighted by molar-refractivity contribution is 6.01. The van der Waals surface area contributed by atoms with Crippen LogP contribution in [0.2, 0.25) is 0 Å². The summed E-state index contributed by atoms with van der Waals surface area (Å²) in [6, 6.07) is 0.189. The van der Waals surface area contributed by atoms with Crippen LogP contribution in [0.3, 0.4) is 0 Å². The molecule has 18 heavy (non-hydrogen) atoms. The molecule has 0 aromatic carbocycles. The van der Waals surface area contributed by atoms with E-state index in [1.54, 1.807) is 0 Å². The fourth-order valence-electron chi connectivity index (χ4n) is 1.87. The highest BCUT2D eigenvalue weighted by Gasteiger charge is 2.22. The Morgan fingerprint density at radius 1 is 1.50 bits per heavy atom. The maximum absolute atomic E-state index is 11.7. The number of hydrogen-bond acceptors (Lipinski definition) is 6. The van der Waals surface area contributed by atoms with Crippen LogP contribution in [0.4, 0.5) is 6.01 Å². The molecule has 3 heterocycles. The van der Waals surface area contributed by atoms with Gasteiger partial charge in [-0.2, -0.15) is 0 Å². The maximum Gasteiger partial charge on any atom is 0.322 e. The summed E-state index contributed by atoms with van der Waals surface area (Å²) in [5.74, 6) is 0.148. The Bertz CT molecular complexity index is 528. The molecule has 1 atom stereocenters. The second-order valence-electron chi connectivity index (χ2n) is 4.01. The largest absolute Gasteiger partial charge is 0.406 e. The predicted octanol–water partition coefficient (Wildman–Crippen LogP) is 0.469. The second kappa shape index (κ2) is 4.57. The van der Waals surface area contributed by atoms with Crippen molar-refractivity contribution in [3.8, 4) is 0 Å². The molecule has 1 fully saturated rings. The van der Waals surface area contributed by atoms with E-state index < -0.39 is 0 Å². The average Bonchev–Trinajstić information content (AvgIpc) is 3.12. The van der Waals surface area contributed by atoms with Gasteiger partial charge in [-0.25, -0.2) is 4.98 Å². The van der Waals surface area contributed by atoms with Gasteiger partial charge in [-0.05, 0) is 19.4 Å². The van der Waals surface area contributed by atoms with Crippen LogP contribution in [0.5, 0.6) is 0 Å². The van der Waals surface area contributed by atoms with E-state index in [4.69, 9.17) is 4.42 Å². The van der Waals surface area contributed by atoms with Crippen LogP contribution in [0.1, 0.15) is 35.3 Å². The molecule has 0 bridgehead atoms. The smallest absolute Gasteiger partial charge is 0.322 e. The lowest BCUT2D eigenvalue weighted by molar-refractivity contribution is 0.101. The molecule has 0 saturated carbocycles. The number of anilines is 1. The van der Waals surface area contributed by atoms with Gasteiger partial charge in [0.1, 0.15) is 5.69 Å². The lowest BCUT2D eigenvalue weighted by Gasteiger charge is -2.02. The highest BCUT2D eigenvalue weighted by atomic mass is 16.4. The van der Waals surface area contributed by atoms with Crippen molar-refractivity contribution in [3.63, 3.8) is 0 Å². The molecule has 2 aromatic heterocycles. The maximum atomic E-state index is 11.7. The molecule has 1 unspecified atom stereocenters. The summed E-state index contributed by atoms with van der Waals surface area (Å²) in [5, 5.41) is 13.5. The molecular formula is C10H12N6O2. The van der Waals surface area contributed by atoms with Crippen molar-refractivity contribution in [2.45, 2.75) is 18.9 Å². The van der Waals surface area contributed by atoms with E-state index in [-0.39, 0.29) is 18.0 Å². The molecule has 8 nitrogen and oxygen atoms in total. The summed E-state index contributed by atoms with van der Waals surface area (Å²) < 4.78 is 5.39. The Morgan fingerprint density at radius 2 is 2.44 bits per heavy atom. The lowest BCUT2D eigenvalue weighted by Crippen LogP contribution is -2.13. The quantitative estimate of drug-likeness (QED) is 0.728. The van der Waals surface area contributed by atoms with Gasteiger partial charge in [0.05, 0.1) is 18.6 Å². The SMILES string of the molecule is O=C(Nc1nnc(C2CCCN2)o1)c1cnc[nH]1. The summed E-state index contributed by atoms with van der Waals surface area (Å²) >= 11 is 0. The van der Waals surface area contributed by atoms with Crippen LogP contribution in [0, 0.1) is 0 Å². The van der Waals surface area contributed by atoms with Gasteiger partial charge >= 0.3 is 6.01 Å². The van der Waals surface area contributed by atoms with E-state index in [1.165, 1.54) is 12.5 Å². The number of nitrogens with zero attached hydrogens (tertiary/aromatic N) is 3. The predicted molar refractivity (Wildman–Crippen MR) is 60.8 cm³/mol. The molecule has 2 aromatic rings. The minimum absolute atomic E-state index is 0.0929. The van der Waals surface area contributed by atoms with Crippen molar-refractivity contribution < 1.29 is 9.21 Å². The third-order valence-corrected chi connectivity index (χ3v) is 2.76. The average molecular weight is 248 g/mol. The minimum Gasteiger partial charge on any atom is -0.406 e. The monoisotopic (exact) mass is 248 g/mol. The van der Waals surface area contributed by atoms with E-state index in [1.807, 2.05) is 0 Å². The van der Waals surface area contributed by atoms with Crippen LogP contribution in [-0.4, -0.2) is 32.6 Å². The number of aromatic amines is 1. The number of hydrogen-bond donors (Lipinski definition) is 3. The fraction of sp³-hybridized carbons (Fsp3) is 0.400. The number of aromatic nitrogens is 4. The topological polar surface area (TPSA) is 109 Å². The van der Waals surface area contributed by atoms with E-state index in [0.29, 0.717) is 11.6 Å². The van der Waals surface area contributed by atoms with Gasteiger partial charge in [-0.15, -0.1) is 5.10 Å². The number of rotatable bonds is 3. The normalized spacial score (nSPS) is 19.0. The summed E-state index contributed by atoms with van der Waals surface area (Å²) in [5.41, 5.74) is 0.341. The Labute approximate surface area is 102 Å². The number of carbonyl (C=O) groups excluding carboxylic acids is 1. The number of amides is 1. The first-order valence-electron chi connectivity index (χ1n) is 5.69. The van der Waals surface area contributed by atoms with Crippen LogP contribution in [0.25, 0.3) is 0 Å². The first-order valence-corrected chi connectivity index (χ1v) is 5.69. The molecule has 1 amide bonds. The molecule has 3 rings (SSSR count). The van der Waals surface area contributed by atoms with E-state index in [2.05, 4.69) is 30.8 Å². The van der Waals surface area contributed by atoms with E-state index in [0.717, 1.165) is 19.4 Å². The van der Waals surface area contributed by atoms with Crippen molar-refractivity contribution in [2.24, 2.45) is 0 Å². The highest BCUT2D eigenvalue weighted by Crippen LogP contribution is 2.22. The molecule has 1 saturated heterocycles. The van der Waals surface area contributed by atoms with Crippen LogP contribution in [0.15, 0.2) is 16.9 Å². The Kier molecular flexibility index (Phi) is 2.77. The van der Waals surface area contributed by atoms with Gasteiger partial charge in [0, 0.05) is 0 Å². The number of imidazole rings is 1. The van der Waals surface area contributed by atoms with Crippen molar-refractivity contribution in [1.29, 1.82) is 0 Å². The lowest BCUT2D eigenvalue weighted by atomic mass is 10.2. The zero-order chi connectivity index (χ0) is 12.4. The Balaban J connectivity index is 1.68. The van der Waals surface area contributed by atoms with Crippen molar-refractivity contribution in [2.75, 3.05) is 11.9 Å². The van der Waals surface area contributed by atoms with E-state index >= 15 is 0 Å². The molecule has 1 aliphatic heterocycles. The molecule has 3 N–H and O–H groups in total. The van der Waals surface area contributed by atoms with Crippen molar-refractivity contribution in [1.82, 2.24) is 25.5 Å². The Morgan fingerprint density at radius 3 is 3.17 bits per heavy atom. The molecule has 0 aliphatic carbocycles. The third-order valence-electron chi connectivity index (χ3n) is 2.76. The number of H-pyrrole nitrogens is 1. The summed E-state index contributed by atoms with van der Waals surface area (Å²) in [4.78, 5) is 18.1. The van der Waals surface area contributed by atoms with Gasteiger partial charge in [0.15, 0.2) is 0 Å². The molecular weight excluding hydrogens is 236 g/mol. The second-order valence-corrected chi connectivity index (χ2v) is 4.01. The first kappa shape index (κ1) is 10.9. The van der Waals surface area contributed by atoms with Crippen LogP contribution < -0.4 is 10.6 Å². The summed E-state index contributed by atoms with van der Waals surface area (Å²) in [7, 11) is 0. The van der Waals surface area contributed by atoms with Gasteiger partial charge in [0.25, 0.3) is 5.91 Å². The standard InChI is InChI=1S/C10H12N6O2/c17-8(7-4-11-5-13-7)14-10-16-15-9(18-10)6-2-1-3-12-6/h4-6,12H,1-3H2,(H,11,13)(H,14,16,17). The molecule has 0 spiro atoms. The number of carbonyl (C=O) groups is 1. The van der Waals surface area contributed by atoms with Crippen LogP contribution in [-0.2, 0) is 0 Å². The summed E-state index contributed by atoms with van der Waals surface area (Å²) in [6.45, 7) is 0.947. The van der Waals surface area contributed by atoms with Crippen LogP contribution >= 0.6 is 0 Å². The fourth-order valence-corrected chi connectivity index (χ4v) is 1.87. The third kappa shape index (κ3) is 2.09. The van der Waals surface area contributed by atoms with E-state index in [9.17, 15) is 4.79 Å². The Hall–Kier alpha value is -2.22. The molecule has 0 radical (unpaired) electrons. The number of nitrogens with one attached hydrogen (secondary N) is 3. The summed E-state index contributed by atoms with van der Waals surface area (Å²) in [6.07, 6.45) is 4.90. The van der Waals surface area contributed by atoms with Gasteiger partial charge in [-0.3, -0.25) is 10.1 Å². The zero-order valence-corrected chi connectivity index (χ0v) is 9.51. The van der Waals surface area contributed by atoms with Gasteiger partial charge in [0.2, 0.25) is 5.89 Å². The first-order chi connectivity index (χ1) is 8.83.